The van der Waals surface area contributed by atoms with E-state index in [0.717, 1.165) is 11.3 Å². The number of aryl methyl sites for hydroxylation is 1. The maximum Gasteiger partial charge on any atom is 0.243 e. The van der Waals surface area contributed by atoms with Gasteiger partial charge in [0.15, 0.2) is 0 Å². The van der Waals surface area contributed by atoms with Crippen molar-refractivity contribution in [1.29, 1.82) is 5.26 Å². The van der Waals surface area contributed by atoms with Gasteiger partial charge in [-0.3, -0.25) is 4.79 Å². The molecule has 0 saturated carbocycles. The number of halogens is 2. The number of amides is 1. The van der Waals surface area contributed by atoms with Gasteiger partial charge >= 0.3 is 0 Å². The van der Waals surface area contributed by atoms with Gasteiger partial charge in [-0.2, -0.15) is 5.26 Å². The number of hydrogen-bond donors (Lipinski definition) is 2. The van der Waals surface area contributed by atoms with Crippen molar-refractivity contribution in [3.63, 3.8) is 0 Å². The van der Waals surface area contributed by atoms with Crippen LogP contribution in [0.2, 0.25) is 10.0 Å². The normalized spacial score (nSPS) is 9.91. The van der Waals surface area contributed by atoms with Crippen LogP contribution in [0.3, 0.4) is 0 Å². The standard InChI is InChI=1S/C16H13Cl2N3O/c1-10-2-4-12(17)6-14(10)20-9-16(22)21-15-7-13(18)5-3-11(15)8-19/h2-7,20H,9H2,1H3,(H,21,22). The number of anilines is 2. The Hall–Kier alpha value is -2.22. The SMILES string of the molecule is Cc1ccc(Cl)cc1NCC(=O)Nc1cc(Cl)ccc1C#N. The first kappa shape index (κ1) is 16.2. The fraction of sp³-hybridized carbons (Fsp3) is 0.125. The summed E-state index contributed by atoms with van der Waals surface area (Å²) in [5.74, 6) is -0.279. The molecule has 0 fully saturated rings. The number of benzene rings is 2. The Labute approximate surface area is 138 Å². The zero-order chi connectivity index (χ0) is 16.1. The molecule has 112 valence electrons. The predicted molar refractivity (Wildman–Crippen MR) is 89.5 cm³/mol. The summed E-state index contributed by atoms with van der Waals surface area (Å²) < 4.78 is 0. The van der Waals surface area contributed by atoms with Crippen molar-refractivity contribution in [3.8, 4) is 6.07 Å². The highest BCUT2D eigenvalue weighted by molar-refractivity contribution is 6.31. The van der Waals surface area contributed by atoms with E-state index < -0.39 is 0 Å². The molecule has 22 heavy (non-hydrogen) atoms. The molecule has 0 saturated heterocycles. The highest BCUT2D eigenvalue weighted by Gasteiger charge is 2.08. The van der Waals surface area contributed by atoms with Gasteiger partial charge in [-0.25, -0.2) is 0 Å². The third kappa shape index (κ3) is 4.14. The predicted octanol–water partition coefficient (Wildman–Crippen LogP) is 4.22. The van der Waals surface area contributed by atoms with Crippen LogP contribution in [0.25, 0.3) is 0 Å². The minimum atomic E-state index is -0.279. The second-order valence-corrected chi connectivity index (χ2v) is 5.54. The van der Waals surface area contributed by atoms with Gasteiger partial charge < -0.3 is 10.6 Å². The third-order valence-electron chi connectivity index (χ3n) is 3.02. The molecule has 0 aliphatic carbocycles. The van der Waals surface area contributed by atoms with Crippen LogP contribution in [-0.4, -0.2) is 12.5 Å². The molecule has 0 spiro atoms. The first-order valence-electron chi connectivity index (χ1n) is 6.49. The van der Waals surface area contributed by atoms with Crippen molar-refractivity contribution in [1.82, 2.24) is 0 Å². The Morgan fingerprint density at radius 2 is 1.77 bits per heavy atom. The maximum absolute atomic E-state index is 12.0. The second-order valence-electron chi connectivity index (χ2n) is 4.66. The van der Waals surface area contributed by atoms with Crippen LogP contribution in [-0.2, 0) is 4.79 Å². The molecule has 2 aromatic rings. The van der Waals surface area contributed by atoms with Crippen molar-refractivity contribution < 1.29 is 4.79 Å². The monoisotopic (exact) mass is 333 g/mol. The van der Waals surface area contributed by atoms with E-state index in [0.29, 0.717) is 21.3 Å². The van der Waals surface area contributed by atoms with Crippen LogP contribution in [0.5, 0.6) is 0 Å². The molecule has 0 atom stereocenters. The fourth-order valence-electron chi connectivity index (χ4n) is 1.87. The summed E-state index contributed by atoms with van der Waals surface area (Å²) in [6, 6.07) is 12.1. The van der Waals surface area contributed by atoms with E-state index in [1.165, 1.54) is 0 Å². The van der Waals surface area contributed by atoms with Crippen LogP contribution in [0.1, 0.15) is 11.1 Å². The minimum absolute atomic E-state index is 0.0541. The Morgan fingerprint density at radius 1 is 1.14 bits per heavy atom. The largest absolute Gasteiger partial charge is 0.376 e. The molecule has 1 amide bonds. The van der Waals surface area contributed by atoms with E-state index in [9.17, 15) is 4.79 Å². The van der Waals surface area contributed by atoms with Gasteiger partial charge in [-0.15, -0.1) is 0 Å². The Morgan fingerprint density at radius 3 is 2.45 bits per heavy atom. The number of carbonyl (C=O) groups is 1. The molecule has 0 heterocycles. The fourth-order valence-corrected chi connectivity index (χ4v) is 2.22. The van der Waals surface area contributed by atoms with Crippen LogP contribution >= 0.6 is 23.2 Å². The van der Waals surface area contributed by atoms with Crippen LogP contribution < -0.4 is 10.6 Å². The first-order chi connectivity index (χ1) is 10.5. The first-order valence-corrected chi connectivity index (χ1v) is 7.24. The summed E-state index contributed by atoms with van der Waals surface area (Å²) in [6.07, 6.45) is 0. The van der Waals surface area contributed by atoms with Gasteiger partial charge in [0.05, 0.1) is 17.8 Å². The van der Waals surface area contributed by atoms with Crippen LogP contribution in [0.4, 0.5) is 11.4 Å². The molecule has 2 N–H and O–H groups in total. The van der Waals surface area contributed by atoms with E-state index >= 15 is 0 Å². The van der Waals surface area contributed by atoms with Crippen LogP contribution in [0.15, 0.2) is 36.4 Å². The van der Waals surface area contributed by atoms with E-state index in [1.807, 2.05) is 19.1 Å². The molecular weight excluding hydrogens is 321 g/mol. The molecule has 0 aliphatic rings. The Kier molecular flexibility index (Phi) is 5.26. The van der Waals surface area contributed by atoms with Gasteiger partial charge in [-0.05, 0) is 42.8 Å². The molecule has 2 rings (SSSR count). The van der Waals surface area contributed by atoms with E-state index in [4.69, 9.17) is 28.5 Å². The highest BCUT2D eigenvalue weighted by atomic mass is 35.5. The molecule has 0 aliphatic heterocycles. The number of nitrogens with one attached hydrogen (secondary N) is 2. The Bertz CT molecular complexity index is 754. The van der Waals surface area contributed by atoms with Crippen LogP contribution in [0, 0.1) is 18.3 Å². The maximum atomic E-state index is 12.0. The summed E-state index contributed by atoms with van der Waals surface area (Å²) in [5, 5.41) is 15.7. The zero-order valence-corrected chi connectivity index (χ0v) is 13.3. The number of rotatable bonds is 4. The van der Waals surface area contributed by atoms with Crippen molar-refractivity contribution in [2.75, 3.05) is 17.2 Å². The summed E-state index contributed by atoms with van der Waals surface area (Å²) in [4.78, 5) is 12.0. The molecular formula is C16H13Cl2N3O. The second kappa shape index (κ2) is 7.17. The van der Waals surface area contributed by atoms with Crippen molar-refractivity contribution in [2.24, 2.45) is 0 Å². The summed E-state index contributed by atoms with van der Waals surface area (Å²) in [5.41, 5.74) is 2.52. The van der Waals surface area contributed by atoms with Gasteiger partial charge in [0.2, 0.25) is 5.91 Å². The van der Waals surface area contributed by atoms with E-state index in [2.05, 4.69) is 10.6 Å². The summed E-state index contributed by atoms with van der Waals surface area (Å²) >= 11 is 11.8. The van der Waals surface area contributed by atoms with Gasteiger partial charge in [-0.1, -0.05) is 29.3 Å². The lowest BCUT2D eigenvalue weighted by molar-refractivity contribution is -0.114. The molecule has 2 aromatic carbocycles. The number of nitriles is 1. The highest BCUT2D eigenvalue weighted by Crippen LogP contribution is 2.21. The topological polar surface area (TPSA) is 64.9 Å². The van der Waals surface area contributed by atoms with Gasteiger partial charge in [0.1, 0.15) is 6.07 Å². The Balaban J connectivity index is 2.03. The lowest BCUT2D eigenvalue weighted by atomic mass is 10.2. The summed E-state index contributed by atoms with van der Waals surface area (Å²) in [7, 11) is 0. The quantitative estimate of drug-likeness (QED) is 0.880. The zero-order valence-electron chi connectivity index (χ0n) is 11.8. The average molecular weight is 334 g/mol. The number of nitrogens with zero attached hydrogens (tertiary/aromatic N) is 1. The lowest BCUT2D eigenvalue weighted by Gasteiger charge is -2.11. The molecule has 0 bridgehead atoms. The number of carbonyl (C=O) groups excluding carboxylic acids is 1. The molecule has 6 heteroatoms. The van der Waals surface area contributed by atoms with Crippen molar-refractivity contribution >= 4 is 40.5 Å². The number of hydrogen-bond acceptors (Lipinski definition) is 3. The van der Waals surface area contributed by atoms with Gasteiger partial charge in [0, 0.05) is 15.7 Å². The molecule has 4 nitrogen and oxygen atoms in total. The minimum Gasteiger partial charge on any atom is -0.376 e. The lowest BCUT2D eigenvalue weighted by Crippen LogP contribution is -2.22. The van der Waals surface area contributed by atoms with E-state index in [-0.39, 0.29) is 12.5 Å². The van der Waals surface area contributed by atoms with E-state index in [1.54, 1.807) is 30.3 Å². The molecule has 0 unspecified atom stereocenters. The molecule has 0 radical (unpaired) electrons. The van der Waals surface area contributed by atoms with Crippen molar-refractivity contribution in [3.05, 3.63) is 57.6 Å². The van der Waals surface area contributed by atoms with Crippen molar-refractivity contribution in [2.45, 2.75) is 6.92 Å². The smallest absolute Gasteiger partial charge is 0.243 e. The average Bonchev–Trinajstić information content (AvgIpc) is 2.48. The van der Waals surface area contributed by atoms with Gasteiger partial charge in [0.25, 0.3) is 0 Å². The summed E-state index contributed by atoms with van der Waals surface area (Å²) in [6.45, 7) is 1.97. The third-order valence-corrected chi connectivity index (χ3v) is 3.49. The molecule has 0 aromatic heterocycles.